The summed E-state index contributed by atoms with van der Waals surface area (Å²) >= 11 is 0. The van der Waals surface area contributed by atoms with E-state index in [1.807, 2.05) is 19.9 Å². The van der Waals surface area contributed by atoms with E-state index in [0.717, 1.165) is 35.6 Å². The molecule has 1 saturated carbocycles. The smallest absolute Gasteiger partial charge is 0.163 e. The van der Waals surface area contributed by atoms with Gasteiger partial charge in [-0.2, -0.15) is 0 Å². The van der Waals surface area contributed by atoms with Crippen LogP contribution in [0.2, 0.25) is 0 Å². The van der Waals surface area contributed by atoms with Crippen LogP contribution in [0, 0.1) is 11.8 Å². The van der Waals surface area contributed by atoms with Gasteiger partial charge in [0.2, 0.25) is 0 Å². The first-order valence-corrected chi connectivity index (χ1v) is 8.36. The van der Waals surface area contributed by atoms with Crippen LogP contribution < -0.4 is 14.8 Å². The molecule has 1 aliphatic carbocycles. The summed E-state index contributed by atoms with van der Waals surface area (Å²) in [6.45, 7) is 8.74. The Labute approximate surface area is 129 Å². The summed E-state index contributed by atoms with van der Waals surface area (Å²) in [4.78, 5) is 0. The molecule has 3 nitrogen and oxygen atoms in total. The van der Waals surface area contributed by atoms with Crippen LogP contribution in [0.25, 0.3) is 0 Å². The van der Waals surface area contributed by atoms with Gasteiger partial charge in [0, 0.05) is 18.3 Å². The van der Waals surface area contributed by atoms with Gasteiger partial charge in [0.15, 0.2) is 11.5 Å². The molecule has 1 aromatic carbocycles. The average Bonchev–Trinajstić information content (AvgIpc) is 2.48. The molecule has 2 rings (SSSR count). The van der Waals surface area contributed by atoms with Crippen LogP contribution in [0.4, 0.5) is 5.69 Å². The fraction of sp³-hybridized carbons (Fsp3) is 0.667. The number of hydrogen-bond donors (Lipinski definition) is 1. The number of benzene rings is 1. The molecule has 118 valence electrons. The van der Waals surface area contributed by atoms with Crippen molar-refractivity contribution in [1.29, 1.82) is 0 Å². The van der Waals surface area contributed by atoms with Crippen molar-refractivity contribution in [2.45, 2.75) is 46.5 Å². The number of hydrogen-bond acceptors (Lipinski definition) is 3. The molecule has 0 amide bonds. The monoisotopic (exact) mass is 291 g/mol. The minimum atomic E-state index is 0.656. The Balaban J connectivity index is 1.94. The summed E-state index contributed by atoms with van der Waals surface area (Å²) in [5.41, 5.74) is 1.13. The predicted octanol–water partition coefficient (Wildman–Crippen LogP) is 4.72. The van der Waals surface area contributed by atoms with E-state index in [1.54, 1.807) is 0 Å². The van der Waals surface area contributed by atoms with E-state index in [1.165, 1.54) is 25.7 Å². The fourth-order valence-corrected chi connectivity index (χ4v) is 3.17. The average molecular weight is 291 g/mol. The maximum atomic E-state index is 5.67. The van der Waals surface area contributed by atoms with Gasteiger partial charge in [0.1, 0.15) is 0 Å². The Morgan fingerprint density at radius 2 is 1.86 bits per heavy atom. The van der Waals surface area contributed by atoms with Crippen molar-refractivity contribution in [3.05, 3.63) is 18.2 Å². The lowest BCUT2D eigenvalue weighted by Crippen LogP contribution is -2.21. The van der Waals surface area contributed by atoms with E-state index in [9.17, 15) is 0 Å². The lowest BCUT2D eigenvalue weighted by atomic mass is 9.82. The fourth-order valence-electron chi connectivity index (χ4n) is 3.17. The van der Waals surface area contributed by atoms with Crippen LogP contribution in [-0.4, -0.2) is 19.8 Å². The highest BCUT2D eigenvalue weighted by Crippen LogP contribution is 2.32. The summed E-state index contributed by atoms with van der Waals surface area (Å²) < 4.78 is 11.3. The standard InChI is InChI=1S/C18H29NO2/c1-4-20-17-10-9-16(12-18(17)21-5-2)19-13-15-8-6-7-14(3)11-15/h9-10,12,14-15,19H,4-8,11,13H2,1-3H3. The zero-order valence-electron chi connectivity index (χ0n) is 13.7. The van der Waals surface area contributed by atoms with Gasteiger partial charge in [-0.1, -0.05) is 19.8 Å². The maximum absolute atomic E-state index is 5.67. The number of anilines is 1. The van der Waals surface area contributed by atoms with E-state index in [4.69, 9.17) is 9.47 Å². The molecule has 2 unspecified atom stereocenters. The second-order valence-electron chi connectivity index (χ2n) is 6.05. The summed E-state index contributed by atoms with van der Waals surface area (Å²) in [5, 5.41) is 3.57. The Bertz CT molecular complexity index is 433. The number of rotatable bonds is 7. The van der Waals surface area contributed by atoms with E-state index >= 15 is 0 Å². The van der Waals surface area contributed by atoms with Crippen molar-refractivity contribution in [3.8, 4) is 11.5 Å². The van der Waals surface area contributed by atoms with Crippen molar-refractivity contribution in [2.75, 3.05) is 25.1 Å². The van der Waals surface area contributed by atoms with Gasteiger partial charge in [-0.05, 0) is 50.7 Å². The molecule has 1 fully saturated rings. The normalized spacial score (nSPS) is 21.9. The molecule has 0 aliphatic heterocycles. The second-order valence-corrected chi connectivity index (χ2v) is 6.05. The molecule has 21 heavy (non-hydrogen) atoms. The lowest BCUT2D eigenvalue weighted by molar-refractivity contribution is 0.287. The molecule has 0 spiro atoms. The summed E-state index contributed by atoms with van der Waals surface area (Å²) in [5.74, 6) is 3.35. The Kier molecular flexibility index (Phi) is 6.21. The zero-order chi connectivity index (χ0) is 15.1. The third-order valence-electron chi connectivity index (χ3n) is 4.18. The molecule has 0 bridgehead atoms. The molecule has 1 aliphatic rings. The highest BCUT2D eigenvalue weighted by Gasteiger charge is 2.18. The van der Waals surface area contributed by atoms with Gasteiger partial charge in [0.05, 0.1) is 13.2 Å². The SMILES string of the molecule is CCOc1ccc(NCC2CCCC(C)C2)cc1OCC. The molecule has 1 N–H and O–H groups in total. The van der Waals surface area contributed by atoms with Crippen molar-refractivity contribution in [2.24, 2.45) is 11.8 Å². The van der Waals surface area contributed by atoms with Gasteiger partial charge in [-0.25, -0.2) is 0 Å². The molecule has 0 saturated heterocycles. The number of ether oxygens (including phenoxy) is 2. The van der Waals surface area contributed by atoms with Gasteiger partial charge in [-0.15, -0.1) is 0 Å². The molecular weight excluding hydrogens is 262 g/mol. The Morgan fingerprint density at radius 3 is 2.57 bits per heavy atom. The van der Waals surface area contributed by atoms with Crippen molar-refractivity contribution >= 4 is 5.69 Å². The van der Waals surface area contributed by atoms with Crippen molar-refractivity contribution in [1.82, 2.24) is 0 Å². The molecule has 0 heterocycles. The van der Waals surface area contributed by atoms with Crippen LogP contribution in [0.3, 0.4) is 0 Å². The van der Waals surface area contributed by atoms with Crippen molar-refractivity contribution in [3.63, 3.8) is 0 Å². The quantitative estimate of drug-likeness (QED) is 0.788. The molecule has 0 radical (unpaired) electrons. The summed E-state index contributed by atoms with van der Waals surface area (Å²) in [6, 6.07) is 6.14. The summed E-state index contributed by atoms with van der Waals surface area (Å²) in [6.07, 6.45) is 5.48. The van der Waals surface area contributed by atoms with E-state index in [0.29, 0.717) is 13.2 Å². The third-order valence-corrected chi connectivity index (χ3v) is 4.18. The highest BCUT2D eigenvalue weighted by atomic mass is 16.5. The second kappa shape index (κ2) is 8.16. The third kappa shape index (κ3) is 4.83. The van der Waals surface area contributed by atoms with Gasteiger partial charge >= 0.3 is 0 Å². The molecule has 1 aromatic rings. The first-order valence-electron chi connectivity index (χ1n) is 8.36. The topological polar surface area (TPSA) is 30.5 Å². The van der Waals surface area contributed by atoms with Crippen LogP contribution >= 0.6 is 0 Å². The van der Waals surface area contributed by atoms with Gasteiger partial charge in [-0.3, -0.25) is 0 Å². The number of nitrogens with one attached hydrogen (secondary N) is 1. The van der Waals surface area contributed by atoms with Crippen LogP contribution in [0.5, 0.6) is 11.5 Å². The van der Waals surface area contributed by atoms with E-state index in [2.05, 4.69) is 24.4 Å². The molecule has 0 aromatic heterocycles. The van der Waals surface area contributed by atoms with Crippen molar-refractivity contribution < 1.29 is 9.47 Å². The Morgan fingerprint density at radius 1 is 1.10 bits per heavy atom. The first-order chi connectivity index (χ1) is 10.2. The minimum Gasteiger partial charge on any atom is -0.490 e. The summed E-state index contributed by atoms with van der Waals surface area (Å²) in [7, 11) is 0. The van der Waals surface area contributed by atoms with Gasteiger partial charge < -0.3 is 14.8 Å². The lowest BCUT2D eigenvalue weighted by Gasteiger charge is -2.27. The maximum Gasteiger partial charge on any atom is 0.163 e. The van der Waals surface area contributed by atoms with Crippen LogP contribution in [0.15, 0.2) is 18.2 Å². The Hall–Kier alpha value is -1.38. The van der Waals surface area contributed by atoms with E-state index < -0.39 is 0 Å². The molecule has 3 heteroatoms. The first kappa shape index (κ1) is 16.0. The minimum absolute atomic E-state index is 0.656. The van der Waals surface area contributed by atoms with Crippen LogP contribution in [-0.2, 0) is 0 Å². The largest absolute Gasteiger partial charge is 0.490 e. The van der Waals surface area contributed by atoms with Gasteiger partial charge in [0.25, 0.3) is 0 Å². The highest BCUT2D eigenvalue weighted by molar-refractivity contribution is 5.54. The molecule has 2 atom stereocenters. The predicted molar refractivity (Wildman–Crippen MR) is 88.4 cm³/mol. The van der Waals surface area contributed by atoms with Crippen LogP contribution in [0.1, 0.15) is 46.5 Å². The molecular formula is C18H29NO2. The zero-order valence-corrected chi connectivity index (χ0v) is 13.7. The van der Waals surface area contributed by atoms with E-state index in [-0.39, 0.29) is 0 Å².